The Morgan fingerprint density at radius 1 is 1.04 bits per heavy atom. The number of aromatic amines is 1. The summed E-state index contributed by atoms with van der Waals surface area (Å²) in [6.07, 6.45) is 5.24. The van der Waals surface area contributed by atoms with E-state index in [2.05, 4.69) is 10.2 Å². The molecular formula is C20H30F2N4O2. The number of hydrogen-bond acceptors (Lipinski definition) is 3. The van der Waals surface area contributed by atoms with Crippen LogP contribution in [-0.2, 0) is 11.2 Å². The number of carbonyl (C=O) groups is 2. The van der Waals surface area contributed by atoms with Crippen LogP contribution in [0.1, 0.15) is 68.4 Å². The molecular weight excluding hydrogens is 366 g/mol. The molecule has 1 N–H and O–H groups in total. The normalized spacial score (nSPS) is 29.3. The average molecular weight is 396 g/mol. The lowest BCUT2D eigenvalue weighted by atomic mass is 10.0. The first kappa shape index (κ1) is 20.7. The van der Waals surface area contributed by atoms with Gasteiger partial charge in [-0.15, -0.1) is 0 Å². The van der Waals surface area contributed by atoms with Gasteiger partial charge < -0.3 is 9.80 Å². The van der Waals surface area contributed by atoms with Crippen LogP contribution in [0.15, 0.2) is 6.20 Å². The SMILES string of the molecule is CC1(F)CCCCN(C(=O)Cc2[nH]ncc2C(=O)N2CCCCC(C)(F)C2)C1. The maximum atomic E-state index is 14.5. The van der Waals surface area contributed by atoms with Crippen molar-refractivity contribution >= 4 is 11.8 Å². The van der Waals surface area contributed by atoms with Crippen molar-refractivity contribution in [3.8, 4) is 0 Å². The lowest BCUT2D eigenvalue weighted by Crippen LogP contribution is -2.42. The van der Waals surface area contributed by atoms with E-state index >= 15 is 0 Å². The third kappa shape index (κ3) is 5.08. The largest absolute Gasteiger partial charge is 0.339 e. The summed E-state index contributed by atoms with van der Waals surface area (Å²) in [7, 11) is 0. The number of hydrogen-bond donors (Lipinski definition) is 1. The predicted octanol–water partition coefficient (Wildman–Crippen LogP) is 3.05. The molecule has 1 aromatic rings. The molecule has 2 saturated heterocycles. The van der Waals surface area contributed by atoms with E-state index < -0.39 is 11.3 Å². The second-order valence-electron chi connectivity index (χ2n) is 8.72. The first-order chi connectivity index (χ1) is 13.2. The molecule has 0 spiro atoms. The van der Waals surface area contributed by atoms with Crippen LogP contribution in [0, 0.1) is 0 Å². The first-order valence-corrected chi connectivity index (χ1v) is 10.1. The predicted molar refractivity (Wildman–Crippen MR) is 102 cm³/mol. The molecule has 2 unspecified atom stereocenters. The second kappa shape index (κ2) is 8.17. The number of nitrogens with zero attached hydrogens (tertiary/aromatic N) is 3. The van der Waals surface area contributed by atoms with E-state index in [0.717, 1.165) is 25.7 Å². The van der Waals surface area contributed by atoms with E-state index in [1.807, 2.05) is 0 Å². The highest BCUT2D eigenvalue weighted by Gasteiger charge is 2.34. The molecule has 3 heterocycles. The molecule has 156 valence electrons. The van der Waals surface area contributed by atoms with Gasteiger partial charge in [-0.25, -0.2) is 8.78 Å². The van der Waals surface area contributed by atoms with Crippen molar-refractivity contribution in [3.05, 3.63) is 17.5 Å². The molecule has 0 aliphatic carbocycles. The number of likely N-dealkylation sites (tertiary alicyclic amines) is 2. The summed E-state index contributed by atoms with van der Waals surface area (Å²) in [5, 5.41) is 6.67. The Morgan fingerprint density at radius 2 is 1.61 bits per heavy atom. The van der Waals surface area contributed by atoms with Gasteiger partial charge in [-0.2, -0.15) is 5.10 Å². The molecule has 0 radical (unpaired) electrons. The van der Waals surface area contributed by atoms with Gasteiger partial charge in [0.25, 0.3) is 5.91 Å². The summed E-state index contributed by atoms with van der Waals surface area (Å²) >= 11 is 0. The molecule has 2 aliphatic heterocycles. The number of carbonyl (C=O) groups excluding carboxylic acids is 2. The van der Waals surface area contributed by atoms with Crippen LogP contribution in [-0.4, -0.2) is 69.3 Å². The summed E-state index contributed by atoms with van der Waals surface area (Å²) in [5.74, 6) is -0.538. The van der Waals surface area contributed by atoms with E-state index in [1.165, 1.54) is 29.8 Å². The molecule has 2 aliphatic rings. The van der Waals surface area contributed by atoms with Gasteiger partial charge in [0, 0.05) is 13.1 Å². The van der Waals surface area contributed by atoms with Crippen LogP contribution in [0.5, 0.6) is 0 Å². The Balaban J connectivity index is 1.71. The fraction of sp³-hybridized carbons (Fsp3) is 0.750. The van der Waals surface area contributed by atoms with Crippen molar-refractivity contribution in [1.82, 2.24) is 20.0 Å². The molecule has 8 heteroatoms. The number of aromatic nitrogens is 2. The topological polar surface area (TPSA) is 69.3 Å². The maximum Gasteiger partial charge on any atom is 0.257 e. The highest BCUT2D eigenvalue weighted by atomic mass is 19.1. The summed E-state index contributed by atoms with van der Waals surface area (Å²) in [4.78, 5) is 28.7. The second-order valence-corrected chi connectivity index (χ2v) is 8.72. The minimum atomic E-state index is -1.41. The third-order valence-electron chi connectivity index (χ3n) is 5.71. The number of nitrogens with one attached hydrogen (secondary N) is 1. The highest BCUT2D eigenvalue weighted by molar-refractivity contribution is 5.96. The number of alkyl halides is 2. The van der Waals surface area contributed by atoms with Crippen LogP contribution in [0.2, 0.25) is 0 Å². The minimum Gasteiger partial charge on any atom is -0.339 e. The van der Waals surface area contributed by atoms with Crippen LogP contribution in [0.3, 0.4) is 0 Å². The van der Waals surface area contributed by atoms with Crippen LogP contribution in [0.25, 0.3) is 0 Å². The Labute approximate surface area is 164 Å². The van der Waals surface area contributed by atoms with E-state index in [9.17, 15) is 18.4 Å². The lowest BCUT2D eigenvalue weighted by Gasteiger charge is -2.27. The molecule has 6 nitrogen and oxygen atoms in total. The van der Waals surface area contributed by atoms with E-state index in [-0.39, 0.29) is 31.3 Å². The third-order valence-corrected chi connectivity index (χ3v) is 5.71. The minimum absolute atomic E-state index is 0.0384. The fourth-order valence-corrected chi connectivity index (χ4v) is 4.16. The van der Waals surface area contributed by atoms with Crippen LogP contribution >= 0.6 is 0 Å². The molecule has 2 atom stereocenters. The smallest absolute Gasteiger partial charge is 0.257 e. The molecule has 0 saturated carbocycles. The van der Waals surface area contributed by atoms with E-state index in [0.29, 0.717) is 37.2 Å². The van der Waals surface area contributed by atoms with Crippen molar-refractivity contribution in [1.29, 1.82) is 0 Å². The first-order valence-electron chi connectivity index (χ1n) is 10.1. The van der Waals surface area contributed by atoms with Gasteiger partial charge in [0.1, 0.15) is 11.3 Å². The quantitative estimate of drug-likeness (QED) is 0.854. The molecule has 1 aromatic heterocycles. The van der Waals surface area contributed by atoms with Gasteiger partial charge in [-0.3, -0.25) is 14.7 Å². The number of rotatable bonds is 3. The zero-order valence-corrected chi connectivity index (χ0v) is 16.8. The standard InChI is InChI=1S/C20H30F2N4O2/c1-19(21)7-3-5-9-25(13-19)17(27)11-16-15(12-23-24-16)18(28)26-10-6-4-8-20(2,22)14-26/h12H,3-11,13-14H2,1-2H3,(H,23,24). The van der Waals surface area contributed by atoms with Crippen LogP contribution < -0.4 is 0 Å². The highest BCUT2D eigenvalue weighted by Crippen LogP contribution is 2.27. The summed E-state index contributed by atoms with van der Waals surface area (Å²) in [5.41, 5.74) is -2.10. The zero-order valence-electron chi connectivity index (χ0n) is 16.8. The van der Waals surface area contributed by atoms with Crippen molar-refractivity contribution in [2.75, 3.05) is 26.2 Å². The fourth-order valence-electron chi connectivity index (χ4n) is 4.16. The van der Waals surface area contributed by atoms with E-state index in [4.69, 9.17) is 0 Å². The van der Waals surface area contributed by atoms with Gasteiger partial charge >= 0.3 is 0 Å². The molecule has 0 bridgehead atoms. The Kier molecular flexibility index (Phi) is 6.05. The summed E-state index contributed by atoms with van der Waals surface area (Å²) in [6.45, 7) is 4.15. The Morgan fingerprint density at radius 3 is 2.25 bits per heavy atom. The summed E-state index contributed by atoms with van der Waals surface area (Å²) in [6, 6.07) is 0. The zero-order chi connectivity index (χ0) is 20.4. The number of H-pyrrole nitrogens is 1. The van der Waals surface area contributed by atoms with Gasteiger partial charge in [0.2, 0.25) is 5.91 Å². The van der Waals surface area contributed by atoms with Gasteiger partial charge in [-0.1, -0.05) is 0 Å². The monoisotopic (exact) mass is 396 g/mol. The van der Waals surface area contributed by atoms with Gasteiger partial charge in [0.05, 0.1) is 37.0 Å². The molecule has 28 heavy (non-hydrogen) atoms. The molecule has 2 amide bonds. The van der Waals surface area contributed by atoms with Crippen molar-refractivity contribution in [3.63, 3.8) is 0 Å². The molecule has 3 rings (SSSR count). The lowest BCUT2D eigenvalue weighted by molar-refractivity contribution is -0.132. The van der Waals surface area contributed by atoms with Crippen LogP contribution in [0.4, 0.5) is 8.78 Å². The van der Waals surface area contributed by atoms with Crippen molar-refractivity contribution in [2.24, 2.45) is 0 Å². The van der Waals surface area contributed by atoms with Gasteiger partial charge in [0.15, 0.2) is 0 Å². The van der Waals surface area contributed by atoms with Crippen molar-refractivity contribution in [2.45, 2.75) is 70.1 Å². The molecule has 2 fully saturated rings. The maximum absolute atomic E-state index is 14.5. The number of amides is 2. The van der Waals surface area contributed by atoms with Gasteiger partial charge in [-0.05, 0) is 52.4 Å². The van der Waals surface area contributed by atoms with Crippen molar-refractivity contribution < 1.29 is 18.4 Å². The Bertz CT molecular complexity index is 717. The number of halogens is 2. The summed E-state index contributed by atoms with van der Waals surface area (Å²) < 4.78 is 29.0. The molecule has 0 aromatic carbocycles. The van der Waals surface area contributed by atoms with E-state index in [1.54, 1.807) is 0 Å². The Hall–Kier alpha value is -1.99. The average Bonchev–Trinajstić information content (AvgIpc) is 2.88.